The van der Waals surface area contributed by atoms with Gasteiger partial charge in [0, 0.05) is 41.8 Å². The van der Waals surface area contributed by atoms with Crippen molar-refractivity contribution in [3.05, 3.63) is 57.3 Å². The van der Waals surface area contributed by atoms with Crippen molar-refractivity contribution in [2.24, 2.45) is 10.8 Å². The Morgan fingerprint density at radius 1 is 0.675 bits per heavy atom. The molecule has 2 heterocycles. The average molecular weight is 577 g/mol. The molecular weight excluding hydrogens is 537 g/mol. The number of hydrogen-bond acceptors (Lipinski definition) is 6. The number of aryl methyl sites for hydroxylation is 2. The molecule has 8 rings (SSSR count). The van der Waals surface area contributed by atoms with Crippen molar-refractivity contribution in [3.8, 4) is 11.5 Å². The summed E-state index contributed by atoms with van der Waals surface area (Å²) in [6.45, 7) is 4.56. The van der Waals surface area contributed by atoms with E-state index in [0.29, 0.717) is 11.8 Å². The van der Waals surface area contributed by atoms with E-state index >= 15 is 0 Å². The molecule has 6 heteroatoms. The SMILES string of the molecule is COc1ccc2c3c(sc2c1)C1CCC(O)[C@@]1(C)CC3.COc1ccc2c3c(sc2c1)C1CCC(O)[C@@]1(C)CC3. The van der Waals surface area contributed by atoms with Gasteiger partial charge in [-0.15, -0.1) is 22.7 Å². The molecule has 4 nitrogen and oxygen atoms in total. The van der Waals surface area contributed by atoms with Crippen molar-refractivity contribution in [1.82, 2.24) is 0 Å². The first-order valence-electron chi connectivity index (χ1n) is 14.8. The topological polar surface area (TPSA) is 58.9 Å². The predicted molar refractivity (Wildman–Crippen MR) is 166 cm³/mol. The molecule has 4 aromatic rings. The normalized spacial score (nSPS) is 32.1. The summed E-state index contributed by atoms with van der Waals surface area (Å²) >= 11 is 3.83. The third-order valence-electron chi connectivity index (χ3n) is 11.1. The Morgan fingerprint density at radius 3 is 1.50 bits per heavy atom. The van der Waals surface area contributed by atoms with Gasteiger partial charge in [-0.25, -0.2) is 0 Å². The van der Waals surface area contributed by atoms with E-state index in [1.165, 1.54) is 41.1 Å². The maximum atomic E-state index is 10.4. The standard InChI is InChI=1S/2C17H20O2S/c2*1-17-8-7-12-11-4-3-10(19-2)9-14(11)20-16(12)13(17)5-6-15(17)18/h2*3-4,9,13,15,18H,5-8H2,1-2H3/t2*13?,15?,17-/m00/s1. The second-order valence-electron chi connectivity index (χ2n) is 12.9. The van der Waals surface area contributed by atoms with E-state index < -0.39 is 0 Å². The lowest BCUT2D eigenvalue weighted by molar-refractivity contribution is 0.0466. The number of benzene rings is 2. The van der Waals surface area contributed by atoms with Crippen LogP contribution in [-0.2, 0) is 12.8 Å². The Labute approximate surface area is 244 Å². The van der Waals surface area contributed by atoms with Crippen LogP contribution in [0.3, 0.4) is 0 Å². The van der Waals surface area contributed by atoms with Gasteiger partial charge in [-0.2, -0.15) is 0 Å². The summed E-state index contributed by atoms with van der Waals surface area (Å²) in [5, 5.41) is 23.5. The Hall–Kier alpha value is -2.12. The highest BCUT2D eigenvalue weighted by atomic mass is 32.1. The first kappa shape index (κ1) is 26.8. The van der Waals surface area contributed by atoms with Crippen LogP contribution in [0.5, 0.6) is 11.5 Å². The molecule has 2 N–H and O–H groups in total. The molecule has 0 amide bonds. The molecule has 0 aliphatic heterocycles. The third-order valence-corrected chi connectivity index (χ3v) is 13.7. The van der Waals surface area contributed by atoms with Gasteiger partial charge in [-0.05, 0) is 110 Å². The fraction of sp³-hybridized carbons (Fsp3) is 0.529. The van der Waals surface area contributed by atoms with Crippen LogP contribution in [0.4, 0.5) is 0 Å². The van der Waals surface area contributed by atoms with E-state index in [9.17, 15) is 10.2 Å². The number of rotatable bonds is 2. The quantitative estimate of drug-likeness (QED) is 0.253. The van der Waals surface area contributed by atoms with E-state index in [1.54, 1.807) is 14.2 Å². The number of thiophene rings is 2. The summed E-state index contributed by atoms with van der Waals surface area (Å²) in [6, 6.07) is 12.8. The molecule has 0 saturated heterocycles. The molecule has 0 spiro atoms. The highest BCUT2D eigenvalue weighted by Crippen LogP contribution is 2.60. The van der Waals surface area contributed by atoms with Gasteiger partial charge in [0.2, 0.25) is 0 Å². The fourth-order valence-electron chi connectivity index (χ4n) is 8.39. The smallest absolute Gasteiger partial charge is 0.120 e. The summed E-state index contributed by atoms with van der Waals surface area (Å²) in [5.41, 5.74) is 3.25. The fourth-order valence-corrected chi connectivity index (χ4v) is 11.6. The zero-order valence-corrected chi connectivity index (χ0v) is 25.6. The van der Waals surface area contributed by atoms with Crippen molar-refractivity contribution >= 4 is 42.8 Å². The lowest BCUT2D eigenvalue weighted by Crippen LogP contribution is -2.34. The van der Waals surface area contributed by atoms with Crippen LogP contribution < -0.4 is 9.47 Å². The van der Waals surface area contributed by atoms with Crippen LogP contribution in [0.15, 0.2) is 36.4 Å². The Kier molecular flexibility index (Phi) is 6.50. The van der Waals surface area contributed by atoms with E-state index in [4.69, 9.17) is 9.47 Å². The minimum absolute atomic E-state index is 0.0952. The number of ether oxygens (including phenoxy) is 2. The van der Waals surface area contributed by atoms with Gasteiger partial charge in [0.1, 0.15) is 11.5 Å². The van der Waals surface area contributed by atoms with Crippen molar-refractivity contribution in [2.75, 3.05) is 14.2 Å². The molecule has 0 bridgehead atoms. The molecule has 212 valence electrons. The highest BCUT2D eigenvalue weighted by Gasteiger charge is 2.51. The lowest BCUT2D eigenvalue weighted by atomic mass is 9.69. The minimum Gasteiger partial charge on any atom is -0.497 e. The van der Waals surface area contributed by atoms with Crippen LogP contribution in [-0.4, -0.2) is 36.6 Å². The second-order valence-corrected chi connectivity index (χ2v) is 15.1. The number of aliphatic hydroxyl groups excluding tert-OH is 2. The molecule has 4 unspecified atom stereocenters. The monoisotopic (exact) mass is 576 g/mol. The van der Waals surface area contributed by atoms with E-state index in [2.05, 4.69) is 50.2 Å². The Balaban J connectivity index is 0.000000132. The summed E-state index contributed by atoms with van der Waals surface area (Å²) in [5.74, 6) is 2.96. The van der Waals surface area contributed by atoms with Crippen LogP contribution in [0.25, 0.3) is 20.2 Å². The number of aliphatic hydroxyl groups is 2. The van der Waals surface area contributed by atoms with Crippen LogP contribution >= 0.6 is 22.7 Å². The summed E-state index contributed by atoms with van der Waals surface area (Å²) < 4.78 is 13.4. The van der Waals surface area contributed by atoms with Gasteiger partial charge in [0.05, 0.1) is 26.4 Å². The number of methoxy groups -OCH3 is 2. The minimum atomic E-state index is -0.125. The summed E-state index contributed by atoms with van der Waals surface area (Å²) in [6.07, 6.45) is 8.37. The molecule has 2 aromatic carbocycles. The Bertz CT molecular complexity index is 1470. The van der Waals surface area contributed by atoms with Crippen LogP contribution in [0.2, 0.25) is 0 Å². The van der Waals surface area contributed by atoms with E-state index in [-0.39, 0.29) is 23.0 Å². The average Bonchev–Trinajstić information content (AvgIpc) is 3.69. The molecule has 2 saturated carbocycles. The zero-order valence-electron chi connectivity index (χ0n) is 24.0. The molecule has 2 aromatic heterocycles. The van der Waals surface area contributed by atoms with E-state index in [1.807, 2.05) is 22.7 Å². The van der Waals surface area contributed by atoms with Crippen molar-refractivity contribution in [2.45, 2.75) is 89.3 Å². The first-order valence-corrected chi connectivity index (χ1v) is 16.4. The highest BCUT2D eigenvalue weighted by molar-refractivity contribution is 7.19. The van der Waals surface area contributed by atoms with Crippen molar-refractivity contribution < 1.29 is 19.7 Å². The van der Waals surface area contributed by atoms with Gasteiger partial charge in [-0.1, -0.05) is 13.8 Å². The number of fused-ring (bicyclic) bond motifs is 10. The van der Waals surface area contributed by atoms with Gasteiger partial charge >= 0.3 is 0 Å². The van der Waals surface area contributed by atoms with Crippen molar-refractivity contribution in [3.63, 3.8) is 0 Å². The van der Waals surface area contributed by atoms with Gasteiger partial charge in [-0.3, -0.25) is 0 Å². The molecule has 4 aliphatic rings. The maximum absolute atomic E-state index is 10.4. The molecule has 40 heavy (non-hydrogen) atoms. The van der Waals surface area contributed by atoms with E-state index in [0.717, 1.165) is 62.9 Å². The van der Waals surface area contributed by atoms with Gasteiger partial charge in [0.15, 0.2) is 0 Å². The molecule has 0 radical (unpaired) electrons. The molecule has 2 fully saturated rings. The largest absolute Gasteiger partial charge is 0.497 e. The molecule has 6 atom stereocenters. The van der Waals surface area contributed by atoms with Crippen LogP contribution in [0, 0.1) is 10.8 Å². The maximum Gasteiger partial charge on any atom is 0.120 e. The lowest BCUT2D eigenvalue weighted by Gasteiger charge is -2.38. The van der Waals surface area contributed by atoms with Gasteiger partial charge in [0.25, 0.3) is 0 Å². The van der Waals surface area contributed by atoms with Crippen molar-refractivity contribution in [1.29, 1.82) is 0 Å². The zero-order chi connectivity index (χ0) is 27.8. The summed E-state index contributed by atoms with van der Waals surface area (Å²) in [7, 11) is 3.44. The molecular formula is C34H40O4S2. The molecule has 4 aliphatic carbocycles. The third kappa shape index (κ3) is 3.89. The Morgan fingerprint density at radius 2 is 1.10 bits per heavy atom. The predicted octanol–water partition coefficient (Wildman–Crippen LogP) is 8.20. The summed E-state index contributed by atoms with van der Waals surface area (Å²) in [4.78, 5) is 3.05. The number of hydrogen-bond donors (Lipinski definition) is 2. The first-order chi connectivity index (χ1) is 19.3. The van der Waals surface area contributed by atoms with Crippen LogP contribution in [0.1, 0.15) is 85.1 Å². The second kappa shape index (κ2) is 9.72. The van der Waals surface area contributed by atoms with Gasteiger partial charge < -0.3 is 19.7 Å².